The van der Waals surface area contributed by atoms with Gasteiger partial charge in [-0.25, -0.2) is 0 Å². The van der Waals surface area contributed by atoms with Gasteiger partial charge in [0.1, 0.15) is 0 Å². The molecule has 0 aromatic heterocycles. The van der Waals surface area contributed by atoms with Gasteiger partial charge in [-0.3, -0.25) is 4.79 Å². The zero-order chi connectivity index (χ0) is 20.1. The minimum Gasteiger partial charge on any atom is -0.481 e. The Labute approximate surface area is 194 Å². The highest BCUT2D eigenvalue weighted by molar-refractivity contribution is 5.85. The molecule has 0 radical (unpaired) electrons. The minimum absolute atomic E-state index is 0. The maximum atomic E-state index is 11.1. The lowest BCUT2D eigenvalue weighted by Crippen LogP contribution is -2.45. The van der Waals surface area contributed by atoms with Crippen molar-refractivity contribution in [3.8, 4) is 0 Å². The number of carboxylic acids is 1. The first kappa shape index (κ1) is 27.0. The number of hydrogen-bond acceptors (Lipinski definition) is 3. The van der Waals surface area contributed by atoms with Crippen molar-refractivity contribution in [3.05, 3.63) is 41.5 Å². The molecule has 1 aliphatic carbocycles. The zero-order valence-corrected chi connectivity index (χ0v) is 20.1. The molecule has 2 N–H and O–H groups in total. The van der Waals surface area contributed by atoms with Crippen LogP contribution in [-0.2, 0) is 4.79 Å². The highest BCUT2D eigenvalue weighted by Gasteiger charge is 2.39. The summed E-state index contributed by atoms with van der Waals surface area (Å²) in [6.07, 6.45) is 6.29. The average Bonchev–Trinajstić information content (AvgIpc) is 3.45. The van der Waals surface area contributed by atoms with E-state index in [1.165, 1.54) is 12.0 Å². The molecule has 2 aliphatic rings. The van der Waals surface area contributed by atoms with Gasteiger partial charge >= 0.3 is 5.97 Å². The van der Waals surface area contributed by atoms with Gasteiger partial charge < -0.3 is 15.3 Å². The lowest BCUT2D eigenvalue weighted by molar-refractivity contribution is -0.143. The lowest BCUT2D eigenvalue weighted by atomic mass is 9.90. The number of likely N-dealkylation sites (tertiary alicyclic amines) is 1. The predicted molar refractivity (Wildman–Crippen MR) is 130 cm³/mol. The maximum absolute atomic E-state index is 11.1. The van der Waals surface area contributed by atoms with Crippen LogP contribution in [0.3, 0.4) is 0 Å². The van der Waals surface area contributed by atoms with Crippen LogP contribution in [0.25, 0.3) is 6.08 Å². The SMILES string of the molecule is CCC(=Cc1ccccc1)C1C[C@@H]1NCC(C)(C)CN1CCC(C(=O)O)CC1.Cl.Cl. The quantitative estimate of drug-likeness (QED) is 0.540. The fraction of sp³-hybridized carbons (Fsp3) is 0.625. The molecule has 0 amide bonds. The van der Waals surface area contributed by atoms with Crippen molar-refractivity contribution in [1.82, 2.24) is 10.2 Å². The van der Waals surface area contributed by atoms with E-state index in [1.807, 2.05) is 0 Å². The highest BCUT2D eigenvalue weighted by atomic mass is 35.5. The normalized spacial score (nSPS) is 22.7. The molecule has 6 heteroatoms. The molecular weight excluding hydrogens is 419 g/mol. The smallest absolute Gasteiger partial charge is 0.306 e. The van der Waals surface area contributed by atoms with Crippen molar-refractivity contribution in [2.45, 2.75) is 52.5 Å². The van der Waals surface area contributed by atoms with Gasteiger partial charge in [0.2, 0.25) is 0 Å². The summed E-state index contributed by atoms with van der Waals surface area (Å²) in [5.74, 6) is -0.100. The van der Waals surface area contributed by atoms with Crippen molar-refractivity contribution in [3.63, 3.8) is 0 Å². The number of hydrogen-bond donors (Lipinski definition) is 2. The molecule has 0 spiro atoms. The number of halogens is 2. The molecule has 1 aromatic carbocycles. The first-order valence-corrected chi connectivity index (χ1v) is 10.8. The molecule has 1 saturated carbocycles. The molecule has 4 nitrogen and oxygen atoms in total. The molecule has 0 bridgehead atoms. The number of carbonyl (C=O) groups is 1. The van der Waals surface area contributed by atoms with Crippen LogP contribution in [0.4, 0.5) is 0 Å². The minimum atomic E-state index is -0.629. The van der Waals surface area contributed by atoms with E-state index in [9.17, 15) is 4.79 Å². The Bertz CT molecular complexity index is 686. The third kappa shape index (κ3) is 7.88. The van der Waals surface area contributed by atoms with Gasteiger partial charge in [-0.1, -0.05) is 62.8 Å². The molecule has 1 unspecified atom stereocenters. The second-order valence-electron chi connectivity index (χ2n) is 9.37. The van der Waals surface area contributed by atoms with Gasteiger partial charge in [0.05, 0.1) is 5.92 Å². The first-order valence-electron chi connectivity index (χ1n) is 10.8. The van der Waals surface area contributed by atoms with Crippen LogP contribution >= 0.6 is 24.8 Å². The predicted octanol–water partition coefficient (Wildman–Crippen LogP) is 5.12. The number of benzene rings is 1. The highest BCUT2D eigenvalue weighted by Crippen LogP contribution is 2.40. The Morgan fingerprint density at radius 3 is 2.40 bits per heavy atom. The van der Waals surface area contributed by atoms with E-state index in [-0.39, 0.29) is 36.1 Å². The molecular formula is C24H38Cl2N2O2. The molecule has 1 heterocycles. The number of nitrogens with zero attached hydrogens (tertiary/aromatic N) is 1. The monoisotopic (exact) mass is 456 g/mol. The number of carboxylic acid groups (broad SMARTS) is 1. The van der Waals surface area contributed by atoms with Crippen molar-refractivity contribution in [2.24, 2.45) is 17.3 Å². The Hall–Kier alpha value is -1.07. The van der Waals surface area contributed by atoms with Crippen LogP contribution in [0.15, 0.2) is 35.9 Å². The van der Waals surface area contributed by atoms with E-state index in [1.54, 1.807) is 5.57 Å². The summed E-state index contributed by atoms with van der Waals surface area (Å²) in [4.78, 5) is 13.6. The van der Waals surface area contributed by atoms with Gasteiger partial charge in [-0.2, -0.15) is 0 Å². The first-order chi connectivity index (χ1) is 13.4. The van der Waals surface area contributed by atoms with E-state index in [4.69, 9.17) is 5.11 Å². The van der Waals surface area contributed by atoms with Crippen LogP contribution in [0.5, 0.6) is 0 Å². The summed E-state index contributed by atoms with van der Waals surface area (Å²) in [6.45, 7) is 10.8. The molecule has 2 atom stereocenters. The topological polar surface area (TPSA) is 52.6 Å². The molecule has 1 saturated heterocycles. The van der Waals surface area contributed by atoms with E-state index in [0.717, 1.165) is 45.4 Å². The molecule has 2 fully saturated rings. The summed E-state index contributed by atoms with van der Waals surface area (Å²) in [7, 11) is 0. The van der Waals surface area contributed by atoms with Crippen molar-refractivity contribution in [2.75, 3.05) is 26.2 Å². The summed E-state index contributed by atoms with van der Waals surface area (Å²) in [5.41, 5.74) is 3.05. The van der Waals surface area contributed by atoms with Gasteiger partial charge in [0.15, 0.2) is 0 Å². The van der Waals surface area contributed by atoms with Crippen LogP contribution in [0, 0.1) is 17.3 Å². The number of aliphatic carboxylic acids is 1. The third-order valence-corrected chi connectivity index (χ3v) is 6.26. The van der Waals surface area contributed by atoms with Crippen LogP contribution in [-0.4, -0.2) is 48.2 Å². The van der Waals surface area contributed by atoms with Crippen LogP contribution in [0.1, 0.15) is 52.0 Å². The Morgan fingerprint density at radius 2 is 1.83 bits per heavy atom. The number of rotatable bonds is 9. The average molecular weight is 457 g/mol. The summed E-state index contributed by atoms with van der Waals surface area (Å²) in [6, 6.07) is 11.2. The second-order valence-corrected chi connectivity index (χ2v) is 9.37. The van der Waals surface area contributed by atoms with Crippen LogP contribution in [0.2, 0.25) is 0 Å². The van der Waals surface area contributed by atoms with E-state index < -0.39 is 5.97 Å². The van der Waals surface area contributed by atoms with Crippen LogP contribution < -0.4 is 5.32 Å². The summed E-state index contributed by atoms with van der Waals surface area (Å²) in [5, 5.41) is 13.0. The Kier molecular flexibility index (Phi) is 10.9. The molecule has 170 valence electrons. The number of nitrogens with one attached hydrogen (secondary N) is 1. The fourth-order valence-corrected chi connectivity index (χ4v) is 4.47. The third-order valence-electron chi connectivity index (χ3n) is 6.26. The Morgan fingerprint density at radius 1 is 1.20 bits per heavy atom. The van der Waals surface area contributed by atoms with Crippen molar-refractivity contribution >= 4 is 36.9 Å². The van der Waals surface area contributed by atoms with Crippen molar-refractivity contribution < 1.29 is 9.90 Å². The molecule has 30 heavy (non-hydrogen) atoms. The summed E-state index contributed by atoms with van der Waals surface area (Å²) >= 11 is 0. The molecule has 1 aromatic rings. The molecule has 3 rings (SSSR count). The van der Waals surface area contributed by atoms with E-state index in [0.29, 0.717) is 12.0 Å². The second kappa shape index (κ2) is 12.1. The van der Waals surface area contributed by atoms with Gasteiger partial charge in [-0.05, 0) is 55.7 Å². The van der Waals surface area contributed by atoms with E-state index >= 15 is 0 Å². The Balaban J connectivity index is 0.00000225. The van der Waals surface area contributed by atoms with Gasteiger partial charge in [-0.15, -0.1) is 24.8 Å². The molecule has 1 aliphatic heterocycles. The maximum Gasteiger partial charge on any atom is 0.306 e. The standard InChI is InChI=1S/C24H36N2O2.2ClH/c1-4-19(14-18-8-6-5-7-9-18)21-15-22(21)25-16-24(2,3)17-26-12-10-20(11-13-26)23(27)28;;/h5-9,14,20-22,25H,4,10-13,15-17H2,1-3H3,(H,27,28);2*1H/t21?,22-;;/m0../s1. The summed E-state index contributed by atoms with van der Waals surface area (Å²) < 4.78 is 0. The van der Waals surface area contributed by atoms with Crippen molar-refractivity contribution in [1.29, 1.82) is 0 Å². The largest absolute Gasteiger partial charge is 0.481 e. The lowest BCUT2D eigenvalue weighted by Gasteiger charge is -2.36. The van der Waals surface area contributed by atoms with E-state index in [2.05, 4.69) is 67.4 Å². The zero-order valence-electron chi connectivity index (χ0n) is 18.5. The van der Waals surface area contributed by atoms with Gasteiger partial charge in [0, 0.05) is 19.1 Å². The number of piperidine rings is 1. The van der Waals surface area contributed by atoms with Gasteiger partial charge in [0.25, 0.3) is 0 Å². The fourth-order valence-electron chi connectivity index (χ4n) is 4.47.